The number of hydrogen-bond acceptors (Lipinski definition) is 5. The number of halogens is 1. The molecular formula is C17H21ClO5. The second kappa shape index (κ2) is 11.7. The van der Waals surface area contributed by atoms with Gasteiger partial charge >= 0.3 is 5.97 Å². The van der Waals surface area contributed by atoms with Crippen molar-refractivity contribution < 1.29 is 23.7 Å². The highest BCUT2D eigenvalue weighted by atomic mass is 35.5. The van der Waals surface area contributed by atoms with Gasteiger partial charge in [0.1, 0.15) is 5.75 Å². The summed E-state index contributed by atoms with van der Waals surface area (Å²) in [5, 5.41) is 0.483. The molecule has 1 aromatic carbocycles. The first kappa shape index (κ1) is 19.2. The van der Waals surface area contributed by atoms with Gasteiger partial charge in [-0.1, -0.05) is 35.9 Å². The lowest BCUT2D eigenvalue weighted by Gasteiger charge is -2.09. The molecule has 126 valence electrons. The minimum atomic E-state index is -0.368. The maximum atomic E-state index is 11.1. The predicted molar refractivity (Wildman–Crippen MR) is 89.6 cm³/mol. The number of esters is 1. The van der Waals surface area contributed by atoms with Crippen molar-refractivity contribution in [1.82, 2.24) is 0 Å². The number of ether oxygens (including phenoxy) is 4. The normalized spacial score (nSPS) is 11.3. The van der Waals surface area contributed by atoms with Gasteiger partial charge in [-0.25, -0.2) is 4.79 Å². The van der Waals surface area contributed by atoms with E-state index in [1.54, 1.807) is 38.3 Å². The number of allylic oxidation sites excluding steroid dienone is 2. The molecule has 0 fully saturated rings. The molecule has 0 unspecified atom stereocenters. The minimum Gasteiger partial charge on any atom is -0.466 e. The molecule has 0 heterocycles. The average molecular weight is 341 g/mol. The Kier molecular flexibility index (Phi) is 9.79. The lowest BCUT2D eigenvalue weighted by Crippen LogP contribution is -2.07. The van der Waals surface area contributed by atoms with Crippen LogP contribution in [-0.2, 0) is 19.0 Å². The summed E-state index contributed by atoms with van der Waals surface area (Å²) in [6.45, 7) is 3.21. The highest BCUT2D eigenvalue weighted by Crippen LogP contribution is 2.26. The summed E-state index contributed by atoms with van der Waals surface area (Å²) in [4.78, 5) is 11.1. The van der Waals surface area contributed by atoms with Crippen LogP contribution in [0.15, 0.2) is 36.4 Å². The van der Waals surface area contributed by atoms with Crippen molar-refractivity contribution in [3.05, 3.63) is 47.0 Å². The Labute approximate surface area is 141 Å². The summed E-state index contributed by atoms with van der Waals surface area (Å²) in [7, 11) is 1.61. The summed E-state index contributed by atoms with van der Waals surface area (Å²) in [6.07, 6.45) is 6.52. The average Bonchev–Trinajstić information content (AvgIpc) is 2.53. The number of methoxy groups -OCH3 is 1. The van der Waals surface area contributed by atoms with Gasteiger partial charge in [0, 0.05) is 13.2 Å². The van der Waals surface area contributed by atoms with Crippen molar-refractivity contribution in [2.24, 2.45) is 0 Å². The Bertz CT molecular complexity index is 540. The van der Waals surface area contributed by atoms with Crippen molar-refractivity contribution in [3.8, 4) is 5.75 Å². The van der Waals surface area contributed by atoms with E-state index in [4.69, 9.17) is 30.5 Å². The molecule has 0 aliphatic carbocycles. The van der Waals surface area contributed by atoms with Crippen molar-refractivity contribution in [1.29, 1.82) is 0 Å². The maximum Gasteiger partial charge on any atom is 0.330 e. The van der Waals surface area contributed by atoms with Crippen molar-refractivity contribution in [2.75, 3.05) is 33.7 Å². The van der Waals surface area contributed by atoms with Gasteiger partial charge in [-0.05, 0) is 24.6 Å². The molecular weight excluding hydrogens is 320 g/mol. The van der Waals surface area contributed by atoms with E-state index in [-0.39, 0.29) is 12.8 Å². The molecule has 1 aromatic rings. The van der Waals surface area contributed by atoms with Gasteiger partial charge in [0.2, 0.25) is 0 Å². The molecule has 6 heteroatoms. The summed E-state index contributed by atoms with van der Waals surface area (Å²) >= 11 is 6.14. The topological polar surface area (TPSA) is 54.0 Å². The van der Waals surface area contributed by atoms with Gasteiger partial charge < -0.3 is 18.9 Å². The molecule has 0 aliphatic heterocycles. The molecule has 0 saturated heterocycles. The van der Waals surface area contributed by atoms with Crippen LogP contribution in [0.2, 0.25) is 5.02 Å². The zero-order valence-corrected chi connectivity index (χ0v) is 14.0. The quantitative estimate of drug-likeness (QED) is 0.215. The Morgan fingerprint density at radius 1 is 1.26 bits per heavy atom. The van der Waals surface area contributed by atoms with Gasteiger partial charge in [-0.15, -0.1) is 0 Å². The van der Waals surface area contributed by atoms with Crippen molar-refractivity contribution in [3.63, 3.8) is 0 Å². The second-order valence-corrected chi connectivity index (χ2v) is 4.73. The molecule has 0 atom stereocenters. The van der Waals surface area contributed by atoms with Gasteiger partial charge in [0.25, 0.3) is 0 Å². The number of hydrogen-bond donors (Lipinski definition) is 0. The smallest absolute Gasteiger partial charge is 0.330 e. The monoisotopic (exact) mass is 340 g/mol. The van der Waals surface area contributed by atoms with Crippen LogP contribution in [-0.4, -0.2) is 39.7 Å². The van der Waals surface area contributed by atoms with Crippen LogP contribution in [0.1, 0.15) is 12.5 Å². The van der Waals surface area contributed by atoms with Crippen molar-refractivity contribution >= 4 is 23.6 Å². The fraction of sp³-hybridized carbons (Fsp3) is 0.353. The van der Waals surface area contributed by atoms with Crippen LogP contribution in [0.4, 0.5) is 0 Å². The summed E-state index contributed by atoms with van der Waals surface area (Å²) in [5.41, 5.74) is 0.885. The fourth-order valence-electron chi connectivity index (χ4n) is 1.54. The van der Waals surface area contributed by atoms with E-state index in [1.807, 2.05) is 12.1 Å². The van der Waals surface area contributed by atoms with Gasteiger partial charge in [0.05, 0.1) is 24.8 Å². The van der Waals surface area contributed by atoms with E-state index in [0.29, 0.717) is 30.6 Å². The second-order valence-electron chi connectivity index (χ2n) is 4.32. The van der Waals surface area contributed by atoms with E-state index < -0.39 is 0 Å². The van der Waals surface area contributed by atoms with Crippen LogP contribution in [0.3, 0.4) is 0 Å². The van der Waals surface area contributed by atoms with Crippen LogP contribution in [0, 0.1) is 0 Å². The zero-order chi connectivity index (χ0) is 16.9. The van der Waals surface area contributed by atoms with E-state index in [9.17, 15) is 4.79 Å². The minimum absolute atomic E-state index is 0.112. The van der Waals surface area contributed by atoms with E-state index in [0.717, 1.165) is 5.56 Å². The largest absolute Gasteiger partial charge is 0.466 e. The molecule has 0 N–H and O–H groups in total. The van der Waals surface area contributed by atoms with Crippen LogP contribution in [0.25, 0.3) is 6.08 Å². The molecule has 0 aromatic heterocycles. The third-order valence-corrected chi connectivity index (χ3v) is 2.90. The standard InChI is InChI=1S/C17H21ClO5/c1-3-22-17(19)7-5-4-6-14-8-9-16(15(18)12-14)23-13-21-11-10-20-2/h4-9,12H,3,10-11,13H2,1-2H3. The molecule has 0 radical (unpaired) electrons. The number of rotatable bonds is 10. The Morgan fingerprint density at radius 2 is 2.09 bits per heavy atom. The molecule has 5 nitrogen and oxygen atoms in total. The van der Waals surface area contributed by atoms with Gasteiger partial charge in [-0.3, -0.25) is 0 Å². The lowest BCUT2D eigenvalue weighted by atomic mass is 10.2. The number of carbonyl (C=O) groups excluding carboxylic acids is 1. The third kappa shape index (κ3) is 8.40. The van der Waals surface area contributed by atoms with Crippen molar-refractivity contribution in [2.45, 2.75) is 6.92 Å². The number of carbonyl (C=O) groups is 1. The SMILES string of the molecule is CCOC(=O)C=CC=Cc1ccc(OCOCCOC)c(Cl)c1. The molecule has 0 bridgehead atoms. The first-order valence-corrected chi connectivity index (χ1v) is 7.55. The first-order valence-electron chi connectivity index (χ1n) is 7.18. The highest BCUT2D eigenvalue weighted by Gasteiger charge is 2.02. The molecule has 0 amide bonds. The molecule has 23 heavy (non-hydrogen) atoms. The molecule has 0 spiro atoms. The molecule has 0 aliphatic rings. The van der Waals surface area contributed by atoms with E-state index in [1.165, 1.54) is 6.08 Å². The fourth-order valence-corrected chi connectivity index (χ4v) is 1.78. The van der Waals surface area contributed by atoms with E-state index >= 15 is 0 Å². The molecule has 1 rings (SSSR count). The summed E-state index contributed by atoms with van der Waals surface area (Å²) in [6, 6.07) is 5.38. The van der Waals surface area contributed by atoms with E-state index in [2.05, 4.69) is 0 Å². The Balaban J connectivity index is 2.47. The molecule has 0 saturated carbocycles. The zero-order valence-electron chi connectivity index (χ0n) is 13.3. The van der Waals surface area contributed by atoms with Crippen LogP contribution >= 0.6 is 11.6 Å². The van der Waals surface area contributed by atoms with Gasteiger partial charge in [0.15, 0.2) is 6.79 Å². The predicted octanol–water partition coefficient (Wildman–Crippen LogP) is 3.47. The van der Waals surface area contributed by atoms with Crippen LogP contribution in [0.5, 0.6) is 5.75 Å². The van der Waals surface area contributed by atoms with Crippen LogP contribution < -0.4 is 4.74 Å². The first-order chi connectivity index (χ1) is 11.2. The third-order valence-electron chi connectivity index (χ3n) is 2.60. The maximum absolute atomic E-state index is 11.1. The number of benzene rings is 1. The Hall–Kier alpha value is -1.82. The van der Waals surface area contributed by atoms with Gasteiger partial charge in [-0.2, -0.15) is 0 Å². The Morgan fingerprint density at radius 3 is 2.78 bits per heavy atom. The highest BCUT2D eigenvalue weighted by molar-refractivity contribution is 6.32. The summed E-state index contributed by atoms with van der Waals surface area (Å²) < 4.78 is 20.3. The lowest BCUT2D eigenvalue weighted by molar-refractivity contribution is -0.137. The summed E-state index contributed by atoms with van der Waals surface area (Å²) in [5.74, 6) is 0.177.